The van der Waals surface area contributed by atoms with Crippen LogP contribution in [0.2, 0.25) is 0 Å². The van der Waals surface area contributed by atoms with Crippen LogP contribution in [0.5, 0.6) is 0 Å². The van der Waals surface area contributed by atoms with Crippen molar-refractivity contribution in [3.63, 3.8) is 0 Å². The van der Waals surface area contributed by atoms with E-state index >= 15 is 0 Å². The van der Waals surface area contributed by atoms with E-state index in [9.17, 15) is 4.79 Å². The highest BCUT2D eigenvalue weighted by molar-refractivity contribution is 5.84. The Balaban J connectivity index is 2.59. The molecule has 2 heteroatoms. The SMILES string of the molecule is C#CC(C)(CC)CC(C)(C)CC(=O)C1CC1C(=C)N. The van der Waals surface area contributed by atoms with Gasteiger partial charge in [-0.2, -0.15) is 0 Å². The van der Waals surface area contributed by atoms with Crippen molar-refractivity contribution < 1.29 is 4.79 Å². The Hall–Kier alpha value is -1.23. The summed E-state index contributed by atoms with van der Waals surface area (Å²) in [7, 11) is 0. The average Bonchev–Trinajstić information content (AvgIpc) is 3.07. The summed E-state index contributed by atoms with van der Waals surface area (Å²) in [4.78, 5) is 12.2. The Morgan fingerprint density at radius 1 is 1.42 bits per heavy atom. The molecule has 0 saturated heterocycles. The van der Waals surface area contributed by atoms with Gasteiger partial charge in [-0.1, -0.05) is 27.4 Å². The number of allylic oxidation sites excluding steroid dienone is 1. The number of hydrogen-bond acceptors (Lipinski definition) is 2. The Morgan fingerprint density at radius 3 is 2.37 bits per heavy atom. The molecule has 0 aliphatic heterocycles. The number of carbonyl (C=O) groups is 1. The smallest absolute Gasteiger partial charge is 0.137 e. The fourth-order valence-corrected chi connectivity index (χ4v) is 2.96. The lowest BCUT2D eigenvalue weighted by Gasteiger charge is -2.33. The zero-order chi connectivity index (χ0) is 14.8. The molecule has 1 aliphatic rings. The third kappa shape index (κ3) is 4.13. The molecule has 0 aromatic heterocycles. The number of carbonyl (C=O) groups excluding carboxylic acids is 1. The Bertz CT molecular complexity index is 415. The highest BCUT2D eigenvalue weighted by Crippen LogP contribution is 2.46. The van der Waals surface area contributed by atoms with Crippen LogP contribution in [-0.4, -0.2) is 5.78 Å². The molecule has 1 rings (SSSR count). The fraction of sp³-hybridized carbons (Fsp3) is 0.706. The van der Waals surface area contributed by atoms with Crippen LogP contribution in [-0.2, 0) is 4.79 Å². The highest BCUT2D eigenvalue weighted by atomic mass is 16.1. The van der Waals surface area contributed by atoms with E-state index < -0.39 is 0 Å². The van der Waals surface area contributed by atoms with Crippen molar-refractivity contribution in [3.8, 4) is 12.3 Å². The van der Waals surface area contributed by atoms with Gasteiger partial charge < -0.3 is 5.73 Å². The van der Waals surface area contributed by atoms with Gasteiger partial charge in [-0.15, -0.1) is 12.3 Å². The fourth-order valence-electron chi connectivity index (χ4n) is 2.96. The summed E-state index contributed by atoms with van der Waals surface area (Å²) in [5.41, 5.74) is 6.13. The summed E-state index contributed by atoms with van der Waals surface area (Å²) in [6.07, 6.45) is 8.90. The van der Waals surface area contributed by atoms with Gasteiger partial charge in [0.1, 0.15) is 5.78 Å². The number of Topliss-reactive ketones (excluding diaryl/α,β-unsaturated/α-hetero) is 1. The van der Waals surface area contributed by atoms with Crippen LogP contribution in [0.15, 0.2) is 12.3 Å². The molecule has 0 aromatic carbocycles. The van der Waals surface area contributed by atoms with Crippen LogP contribution < -0.4 is 5.73 Å². The maximum atomic E-state index is 12.2. The van der Waals surface area contributed by atoms with E-state index in [0.717, 1.165) is 19.3 Å². The lowest BCUT2D eigenvalue weighted by atomic mass is 9.70. The maximum Gasteiger partial charge on any atom is 0.137 e. The minimum Gasteiger partial charge on any atom is -0.402 e. The first-order valence-corrected chi connectivity index (χ1v) is 7.09. The summed E-state index contributed by atoms with van der Waals surface area (Å²) >= 11 is 0. The molecule has 2 N–H and O–H groups in total. The topological polar surface area (TPSA) is 43.1 Å². The van der Waals surface area contributed by atoms with E-state index in [0.29, 0.717) is 17.9 Å². The molecule has 0 bridgehead atoms. The highest BCUT2D eigenvalue weighted by Gasteiger charge is 2.45. The van der Waals surface area contributed by atoms with Crippen LogP contribution in [0, 0.1) is 35.0 Å². The molecule has 0 amide bonds. The van der Waals surface area contributed by atoms with Crippen LogP contribution >= 0.6 is 0 Å². The lowest BCUT2D eigenvalue weighted by molar-refractivity contribution is -0.122. The van der Waals surface area contributed by atoms with Gasteiger partial charge in [0.15, 0.2) is 0 Å². The second-order valence-corrected chi connectivity index (χ2v) is 7.07. The van der Waals surface area contributed by atoms with E-state index in [1.807, 2.05) is 0 Å². The van der Waals surface area contributed by atoms with E-state index in [1.165, 1.54) is 0 Å². The minimum atomic E-state index is -0.121. The second kappa shape index (κ2) is 5.41. The molecule has 0 aromatic rings. The number of rotatable bonds is 7. The van der Waals surface area contributed by atoms with Crippen molar-refractivity contribution in [1.82, 2.24) is 0 Å². The molecule has 0 spiro atoms. The molecular formula is C17H27NO. The van der Waals surface area contributed by atoms with E-state index in [2.05, 4.69) is 40.2 Å². The number of ketones is 1. The third-order valence-corrected chi connectivity index (χ3v) is 4.33. The normalized spacial score (nSPS) is 25.2. The molecule has 2 nitrogen and oxygen atoms in total. The van der Waals surface area contributed by atoms with Crippen molar-refractivity contribution >= 4 is 5.78 Å². The molecule has 0 radical (unpaired) electrons. The minimum absolute atomic E-state index is 0.0582. The van der Waals surface area contributed by atoms with Crippen LogP contribution in [0.1, 0.15) is 53.4 Å². The van der Waals surface area contributed by atoms with Crippen LogP contribution in [0.25, 0.3) is 0 Å². The summed E-state index contributed by atoms with van der Waals surface area (Å²) in [5.74, 6) is 3.52. The summed E-state index contributed by atoms with van der Waals surface area (Å²) in [6.45, 7) is 12.2. The van der Waals surface area contributed by atoms with Crippen LogP contribution in [0.4, 0.5) is 0 Å². The lowest BCUT2D eigenvalue weighted by Crippen LogP contribution is -2.27. The standard InChI is InChI=1S/C17H27NO/c1-7-17(6,8-2)11-16(4,5)10-15(19)14-9-13(14)12(3)18/h1,13-14H,3,8-11,18H2,2,4-6H3. The van der Waals surface area contributed by atoms with Gasteiger partial charge in [0, 0.05) is 29.4 Å². The first-order valence-electron chi connectivity index (χ1n) is 7.09. The number of nitrogens with two attached hydrogens (primary N) is 1. The van der Waals surface area contributed by atoms with Crippen molar-refractivity contribution in [3.05, 3.63) is 12.3 Å². The summed E-state index contributed by atoms with van der Waals surface area (Å²) in [6, 6.07) is 0. The molecule has 3 unspecified atom stereocenters. The maximum absolute atomic E-state index is 12.2. The van der Waals surface area contributed by atoms with Gasteiger partial charge in [-0.05, 0) is 31.6 Å². The van der Waals surface area contributed by atoms with Crippen LogP contribution in [0.3, 0.4) is 0 Å². The molecular weight excluding hydrogens is 234 g/mol. The molecule has 3 atom stereocenters. The third-order valence-electron chi connectivity index (χ3n) is 4.33. The summed E-state index contributed by atoms with van der Waals surface area (Å²) < 4.78 is 0. The zero-order valence-corrected chi connectivity index (χ0v) is 12.8. The predicted molar refractivity (Wildman–Crippen MR) is 80.2 cm³/mol. The van der Waals surface area contributed by atoms with Crippen molar-refractivity contribution in [2.45, 2.75) is 53.4 Å². The van der Waals surface area contributed by atoms with E-state index in [-0.39, 0.29) is 22.7 Å². The summed E-state index contributed by atoms with van der Waals surface area (Å²) in [5, 5.41) is 0. The van der Waals surface area contributed by atoms with Gasteiger partial charge in [-0.25, -0.2) is 0 Å². The molecule has 1 saturated carbocycles. The number of terminal acetylenes is 1. The van der Waals surface area contributed by atoms with Gasteiger partial charge >= 0.3 is 0 Å². The quantitative estimate of drug-likeness (QED) is 0.713. The Morgan fingerprint density at radius 2 is 2.00 bits per heavy atom. The molecule has 19 heavy (non-hydrogen) atoms. The van der Waals surface area contributed by atoms with E-state index in [4.69, 9.17) is 12.2 Å². The second-order valence-electron chi connectivity index (χ2n) is 7.07. The first kappa shape index (κ1) is 15.8. The Labute approximate surface area is 117 Å². The molecule has 1 aliphatic carbocycles. The molecule has 106 valence electrons. The zero-order valence-electron chi connectivity index (χ0n) is 12.8. The molecule has 0 heterocycles. The van der Waals surface area contributed by atoms with Gasteiger partial charge in [0.05, 0.1) is 0 Å². The Kier molecular flexibility index (Phi) is 4.50. The van der Waals surface area contributed by atoms with Crippen molar-refractivity contribution in [1.29, 1.82) is 0 Å². The van der Waals surface area contributed by atoms with Crippen molar-refractivity contribution in [2.75, 3.05) is 0 Å². The van der Waals surface area contributed by atoms with Gasteiger partial charge in [0.2, 0.25) is 0 Å². The first-order chi connectivity index (χ1) is 8.64. The average molecular weight is 261 g/mol. The number of hydrogen-bond donors (Lipinski definition) is 1. The largest absolute Gasteiger partial charge is 0.402 e. The monoisotopic (exact) mass is 261 g/mol. The van der Waals surface area contributed by atoms with Gasteiger partial charge in [-0.3, -0.25) is 4.79 Å². The molecule has 1 fully saturated rings. The predicted octanol–water partition coefficient (Wildman–Crippen LogP) is 3.52. The van der Waals surface area contributed by atoms with E-state index in [1.54, 1.807) is 0 Å². The van der Waals surface area contributed by atoms with Gasteiger partial charge in [0.25, 0.3) is 0 Å². The van der Waals surface area contributed by atoms with Crippen molar-refractivity contribution in [2.24, 2.45) is 28.4 Å².